The molecule has 0 rings (SSSR count). The van der Waals surface area contributed by atoms with Gasteiger partial charge in [0.2, 0.25) is 0 Å². The third kappa shape index (κ3) is 5.47. The third-order valence-electron chi connectivity index (χ3n) is 3.59. The van der Waals surface area contributed by atoms with Crippen molar-refractivity contribution in [3.8, 4) is 0 Å². The number of hydrogen-bond acceptors (Lipinski definition) is 1. The van der Waals surface area contributed by atoms with Crippen LogP contribution in [0.4, 0.5) is 8.78 Å². The lowest BCUT2D eigenvalue weighted by molar-refractivity contribution is -0.0502. The minimum absolute atomic E-state index is 0.0795. The number of methoxy groups -OCH3 is 1. The van der Waals surface area contributed by atoms with Gasteiger partial charge in [0.15, 0.2) is 0 Å². The summed E-state index contributed by atoms with van der Waals surface area (Å²) in [7, 11) is 1.68. The molecule has 1 unspecified atom stereocenters. The average Bonchev–Trinajstić information content (AvgIpc) is 2.23. The Kier molecular flexibility index (Phi) is 6.48. The molecule has 0 amide bonds. The normalized spacial score (nSPS) is 17.1. The van der Waals surface area contributed by atoms with Crippen LogP contribution in [0.3, 0.4) is 0 Å². The second-order valence-electron chi connectivity index (χ2n) is 6.41. The molecule has 0 saturated heterocycles. The first-order valence-electron chi connectivity index (χ1n) is 6.62. The van der Waals surface area contributed by atoms with Crippen LogP contribution in [0, 0.1) is 10.8 Å². The molecule has 0 aromatic carbocycles. The largest absolute Gasteiger partial charge is 0.384 e. The monoisotopic (exact) mass is 262 g/mol. The fraction of sp³-hybridized carbons (Fsp3) is 0.867. The molecule has 1 nitrogen and oxygen atoms in total. The van der Waals surface area contributed by atoms with Gasteiger partial charge in [0.25, 0.3) is 5.92 Å². The molecule has 0 aromatic rings. The summed E-state index contributed by atoms with van der Waals surface area (Å²) >= 11 is 0. The van der Waals surface area contributed by atoms with E-state index in [1.54, 1.807) is 34.0 Å². The van der Waals surface area contributed by atoms with Gasteiger partial charge in [-0.05, 0) is 30.8 Å². The Morgan fingerprint density at radius 2 is 1.67 bits per heavy atom. The summed E-state index contributed by atoms with van der Waals surface area (Å²) in [4.78, 5) is 0. The second kappa shape index (κ2) is 6.65. The molecule has 0 spiro atoms. The van der Waals surface area contributed by atoms with E-state index in [0.717, 1.165) is 18.9 Å². The van der Waals surface area contributed by atoms with E-state index in [0.29, 0.717) is 13.0 Å². The van der Waals surface area contributed by atoms with E-state index in [-0.39, 0.29) is 5.41 Å². The van der Waals surface area contributed by atoms with Gasteiger partial charge in [0.05, 0.1) is 6.61 Å². The molecule has 0 aliphatic heterocycles. The van der Waals surface area contributed by atoms with Gasteiger partial charge >= 0.3 is 0 Å². The summed E-state index contributed by atoms with van der Waals surface area (Å²) in [6.07, 6.45) is 5.18. The van der Waals surface area contributed by atoms with E-state index in [2.05, 4.69) is 13.8 Å². The maximum atomic E-state index is 13.7. The number of halogens is 2. The number of hydrogen-bond donors (Lipinski definition) is 0. The van der Waals surface area contributed by atoms with Crippen LogP contribution in [0.1, 0.15) is 53.9 Å². The molecule has 0 heterocycles. The van der Waals surface area contributed by atoms with Crippen LogP contribution in [0.5, 0.6) is 0 Å². The van der Waals surface area contributed by atoms with E-state index in [1.165, 1.54) is 0 Å². The maximum absolute atomic E-state index is 13.7. The molecule has 0 fully saturated rings. The van der Waals surface area contributed by atoms with E-state index >= 15 is 0 Å². The quantitative estimate of drug-likeness (QED) is 0.582. The lowest BCUT2D eigenvalue weighted by atomic mass is 9.83. The van der Waals surface area contributed by atoms with Crippen molar-refractivity contribution in [1.82, 2.24) is 0 Å². The lowest BCUT2D eigenvalue weighted by Crippen LogP contribution is -2.31. The van der Waals surface area contributed by atoms with E-state index in [9.17, 15) is 8.78 Å². The number of allylic oxidation sites excluding steroid dienone is 2. The molecule has 0 bridgehead atoms. The fourth-order valence-electron chi connectivity index (χ4n) is 1.61. The Balaban J connectivity index is 4.34. The number of ether oxygens (including phenoxy) is 1. The number of alkyl halides is 2. The van der Waals surface area contributed by atoms with Crippen molar-refractivity contribution in [2.24, 2.45) is 10.8 Å². The zero-order valence-electron chi connectivity index (χ0n) is 12.6. The highest BCUT2D eigenvalue weighted by Gasteiger charge is 2.40. The highest BCUT2D eigenvalue weighted by Crippen LogP contribution is 2.37. The second-order valence-corrected chi connectivity index (χ2v) is 6.41. The van der Waals surface area contributed by atoms with Crippen LogP contribution < -0.4 is 0 Å². The Hall–Kier alpha value is -0.440. The van der Waals surface area contributed by atoms with Gasteiger partial charge in [-0.25, -0.2) is 8.78 Å². The van der Waals surface area contributed by atoms with Crippen molar-refractivity contribution in [2.45, 2.75) is 59.8 Å². The number of rotatable bonds is 7. The minimum Gasteiger partial charge on any atom is -0.384 e. The van der Waals surface area contributed by atoms with Gasteiger partial charge in [0, 0.05) is 12.5 Å². The van der Waals surface area contributed by atoms with Crippen LogP contribution in [0.2, 0.25) is 0 Å². The molecular formula is C15H28F2O. The van der Waals surface area contributed by atoms with Gasteiger partial charge in [-0.2, -0.15) is 0 Å². The molecule has 0 radical (unpaired) electrons. The first kappa shape index (κ1) is 17.6. The molecule has 0 N–H and O–H groups in total. The van der Waals surface area contributed by atoms with E-state index in [4.69, 9.17) is 4.74 Å². The van der Waals surface area contributed by atoms with Crippen molar-refractivity contribution >= 4 is 0 Å². The molecular weight excluding hydrogens is 234 g/mol. The summed E-state index contributed by atoms with van der Waals surface area (Å²) in [5.41, 5.74) is -0.944. The summed E-state index contributed by atoms with van der Waals surface area (Å²) in [5.74, 6) is -2.75. The van der Waals surface area contributed by atoms with Crippen molar-refractivity contribution in [2.75, 3.05) is 13.7 Å². The van der Waals surface area contributed by atoms with Crippen LogP contribution in [-0.2, 0) is 4.74 Å². The Labute approximate surface area is 111 Å². The van der Waals surface area contributed by atoms with Crippen molar-refractivity contribution in [3.63, 3.8) is 0 Å². The smallest absolute Gasteiger partial charge is 0.271 e. The van der Waals surface area contributed by atoms with Crippen molar-refractivity contribution < 1.29 is 13.5 Å². The molecule has 0 aromatic heterocycles. The zero-order chi connectivity index (χ0) is 14.4. The predicted octanol–water partition coefficient (Wildman–Crippen LogP) is 5.07. The van der Waals surface area contributed by atoms with Crippen molar-refractivity contribution in [1.29, 1.82) is 0 Å². The molecule has 18 heavy (non-hydrogen) atoms. The van der Waals surface area contributed by atoms with Gasteiger partial charge in [0.1, 0.15) is 0 Å². The molecule has 0 aliphatic rings. The van der Waals surface area contributed by atoms with Gasteiger partial charge in [-0.1, -0.05) is 40.7 Å². The zero-order valence-corrected chi connectivity index (χ0v) is 12.6. The molecule has 3 heteroatoms. The Morgan fingerprint density at radius 3 is 2.06 bits per heavy atom. The van der Waals surface area contributed by atoms with Gasteiger partial charge < -0.3 is 4.74 Å². The Morgan fingerprint density at radius 1 is 1.11 bits per heavy atom. The summed E-state index contributed by atoms with van der Waals surface area (Å²) in [6.45, 7) is 9.57. The van der Waals surface area contributed by atoms with Crippen LogP contribution in [-0.4, -0.2) is 19.6 Å². The minimum atomic E-state index is -2.75. The van der Waals surface area contributed by atoms with E-state index in [1.807, 2.05) is 0 Å². The summed E-state index contributed by atoms with van der Waals surface area (Å²) in [5, 5.41) is 0. The first-order valence-corrected chi connectivity index (χ1v) is 6.62. The SMILES string of the molecule is CCC(C)(CC/C=C/C(F)(F)C(C)(C)C)COC. The highest BCUT2D eigenvalue weighted by atomic mass is 19.3. The van der Waals surface area contributed by atoms with Crippen LogP contribution in [0.15, 0.2) is 12.2 Å². The topological polar surface area (TPSA) is 9.23 Å². The van der Waals surface area contributed by atoms with Gasteiger partial charge in [-0.15, -0.1) is 0 Å². The summed E-state index contributed by atoms with van der Waals surface area (Å²) < 4.78 is 32.5. The standard InChI is InChI=1S/C15H28F2O/c1-7-14(5,12-18-6)10-8-9-11-15(16,17)13(2,3)4/h9,11H,7-8,10,12H2,1-6H3/b11-9+. The summed E-state index contributed by atoms with van der Waals surface area (Å²) in [6, 6.07) is 0. The maximum Gasteiger partial charge on any atom is 0.271 e. The highest BCUT2D eigenvalue weighted by molar-refractivity contribution is 5.01. The van der Waals surface area contributed by atoms with Crippen molar-refractivity contribution in [3.05, 3.63) is 12.2 Å². The molecule has 0 aliphatic carbocycles. The molecule has 1 atom stereocenters. The van der Waals surface area contributed by atoms with Crippen LogP contribution in [0.25, 0.3) is 0 Å². The van der Waals surface area contributed by atoms with Gasteiger partial charge in [-0.3, -0.25) is 0 Å². The Bertz CT molecular complexity index is 266. The average molecular weight is 262 g/mol. The molecule has 108 valence electrons. The lowest BCUT2D eigenvalue weighted by Gasteiger charge is -2.28. The first-order chi connectivity index (χ1) is 8.08. The fourth-order valence-corrected chi connectivity index (χ4v) is 1.61. The predicted molar refractivity (Wildman–Crippen MR) is 73.1 cm³/mol. The van der Waals surface area contributed by atoms with E-state index < -0.39 is 11.3 Å². The third-order valence-corrected chi connectivity index (χ3v) is 3.59. The molecule has 0 saturated carbocycles. The van der Waals surface area contributed by atoms with Crippen LogP contribution >= 0.6 is 0 Å².